The third kappa shape index (κ3) is 2.46. The summed E-state index contributed by atoms with van der Waals surface area (Å²) >= 11 is 14.8. The lowest BCUT2D eigenvalue weighted by molar-refractivity contribution is 0.0992. The highest BCUT2D eigenvalue weighted by Gasteiger charge is 2.16. The Kier molecular flexibility index (Phi) is 3.77. The minimum absolute atomic E-state index is 0.159. The Morgan fingerprint density at radius 3 is 2.69 bits per heavy atom. The van der Waals surface area contributed by atoms with E-state index in [0.717, 1.165) is 0 Å². The topological polar surface area (TPSA) is 17.1 Å². The highest BCUT2D eigenvalue weighted by atomic mass is 79.9. The average Bonchev–Trinajstić information content (AvgIpc) is 2.08. The van der Waals surface area contributed by atoms with Gasteiger partial charge in [0.25, 0.3) is 0 Å². The predicted molar refractivity (Wildman–Crippen MR) is 58.8 cm³/mol. The van der Waals surface area contributed by atoms with Gasteiger partial charge in [-0.25, -0.2) is 0 Å². The van der Waals surface area contributed by atoms with E-state index in [9.17, 15) is 4.79 Å². The van der Waals surface area contributed by atoms with E-state index in [1.807, 2.05) is 0 Å². The minimum atomic E-state index is -0.549. The second-order valence-electron chi connectivity index (χ2n) is 2.58. The minimum Gasteiger partial charge on any atom is -0.292 e. The van der Waals surface area contributed by atoms with Crippen LogP contribution < -0.4 is 0 Å². The summed E-state index contributed by atoms with van der Waals surface area (Å²) in [6, 6.07) is 5.19. The van der Waals surface area contributed by atoms with Gasteiger partial charge in [0.2, 0.25) is 0 Å². The smallest absolute Gasteiger partial charge is 0.181 e. The van der Waals surface area contributed by atoms with Gasteiger partial charge in [0.05, 0.1) is 10.4 Å². The number of Topliss-reactive ketones (excluding diaryl/α,β-unsaturated/α-hetero) is 1. The van der Waals surface area contributed by atoms with Gasteiger partial charge in [0.15, 0.2) is 5.78 Å². The third-order valence-electron chi connectivity index (χ3n) is 1.58. The lowest BCUT2D eigenvalue weighted by atomic mass is 10.1. The van der Waals surface area contributed by atoms with Gasteiger partial charge >= 0.3 is 0 Å². The van der Waals surface area contributed by atoms with Gasteiger partial charge in [0.1, 0.15) is 0 Å². The molecule has 0 radical (unpaired) electrons. The molecular formula is C9H7BrCl2O. The molecule has 0 saturated carbocycles. The summed E-state index contributed by atoms with van der Waals surface area (Å²) in [5.74, 6) is -0.159. The number of rotatable bonds is 2. The van der Waals surface area contributed by atoms with Crippen molar-refractivity contribution in [2.24, 2.45) is 0 Å². The molecule has 1 nitrogen and oxygen atoms in total. The fourth-order valence-corrected chi connectivity index (χ4v) is 1.61. The summed E-state index contributed by atoms with van der Waals surface area (Å²) in [5, 5.41) is -0.133. The molecular weight excluding hydrogens is 275 g/mol. The Morgan fingerprint density at radius 1 is 1.54 bits per heavy atom. The van der Waals surface area contributed by atoms with Crippen LogP contribution in [0.4, 0.5) is 0 Å². The van der Waals surface area contributed by atoms with Crippen molar-refractivity contribution in [3.63, 3.8) is 0 Å². The number of benzene rings is 1. The van der Waals surface area contributed by atoms with E-state index < -0.39 is 5.38 Å². The van der Waals surface area contributed by atoms with E-state index >= 15 is 0 Å². The van der Waals surface area contributed by atoms with Crippen LogP contribution in [0.3, 0.4) is 0 Å². The molecule has 1 unspecified atom stereocenters. The Balaban J connectivity index is 3.15. The van der Waals surface area contributed by atoms with Crippen molar-refractivity contribution < 1.29 is 4.79 Å². The van der Waals surface area contributed by atoms with Crippen LogP contribution in [0.25, 0.3) is 0 Å². The molecule has 13 heavy (non-hydrogen) atoms. The molecule has 0 saturated heterocycles. The highest BCUT2D eigenvalue weighted by molar-refractivity contribution is 9.10. The van der Waals surface area contributed by atoms with Crippen molar-refractivity contribution in [1.82, 2.24) is 0 Å². The Bertz CT molecular complexity index is 336. The normalized spacial score (nSPS) is 12.6. The second kappa shape index (κ2) is 4.45. The number of hydrogen-bond donors (Lipinski definition) is 0. The molecule has 70 valence electrons. The first-order valence-electron chi connectivity index (χ1n) is 3.66. The van der Waals surface area contributed by atoms with Crippen LogP contribution in [-0.2, 0) is 0 Å². The average molecular weight is 282 g/mol. The molecule has 0 amide bonds. The molecule has 0 spiro atoms. The van der Waals surface area contributed by atoms with Gasteiger partial charge in [-0.15, -0.1) is 11.6 Å². The molecule has 0 aromatic heterocycles. The van der Waals surface area contributed by atoms with E-state index in [1.165, 1.54) is 0 Å². The molecule has 0 N–H and O–H groups in total. The SMILES string of the molecule is CC(Cl)C(=O)c1cccc(Br)c1Cl. The first kappa shape index (κ1) is 11.0. The standard InChI is InChI=1S/C9H7BrCl2O/c1-5(11)9(13)6-3-2-4-7(10)8(6)12/h2-5H,1H3. The van der Waals surface area contributed by atoms with E-state index in [4.69, 9.17) is 23.2 Å². The monoisotopic (exact) mass is 280 g/mol. The van der Waals surface area contributed by atoms with Crippen LogP contribution in [0, 0.1) is 0 Å². The Morgan fingerprint density at radius 2 is 2.15 bits per heavy atom. The van der Waals surface area contributed by atoms with Gasteiger partial charge in [-0.1, -0.05) is 17.7 Å². The molecule has 1 rings (SSSR count). The van der Waals surface area contributed by atoms with Crippen LogP contribution in [0.1, 0.15) is 17.3 Å². The lowest BCUT2D eigenvalue weighted by Crippen LogP contribution is -2.10. The van der Waals surface area contributed by atoms with Gasteiger partial charge in [-0.05, 0) is 35.0 Å². The zero-order valence-electron chi connectivity index (χ0n) is 6.85. The third-order valence-corrected chi connectivity index (χ3v) is 3.07. The first-order chi connectivity index (χ1) is 6.04. The summed E-state index contributed by atoms with van der Waals surface area (Å²) in [6.07, 6.45) is 0. The van der Waals surface area contributed by atoms with Crippen molar-refractivity contribution in [2.45, 2.75) is 12.3 Å². The largest absolute Gasteiger partial charge is 0.292 e. The van der Waals surface area contributed by atoms with E-state index in [-0.39, 0.29) is 5.78 Å². The summed E-state index contributed by atoms with van der Waals surface area (Å²) in [6.45, 7) is 1.63. The number of carbonyl (C=O) groups is 1. The second-order valence-corrected chi connectivity index (χ2v) is 4.47. The summed E-state index contributed by atoms with van der Waals surface area (Å²) in [4.78, 5) is 11.5. The maximum absolute atomic E-state index is 11.5. The lowest BCUT2D eigenvalue weighted by Gasteiger charge is -2.05. The molecule has 1 aromatic carbocycles. The summed E-state index contributed by atoms with van der Waals surface area (Å²) < 4.78 is 0.706. The zero-order valence-corrected chi connectivity index (χ0v) is 9.95. The predicted octanol–water partition coefficient (Wildman–Crippen LogP) is 3.91. The van der Waals surface area contributed by atoms with Crippen molar-refractivity contribution in [2.75, 3.05) is 0 Å². The summed E-state index contributed by atoms with van der Waals surface area (Å²) in [5.41, 5.74) is 0.457. The number of ketones is 1. The van der Waals surface area contributed by atoms with Crippen LogP contribution in [0.5, 0.6) is 0 Å². The van der Waals surface area contributed by atoms with E-state index in [2.05, 4.69) is 15.9 Å². The van der Waals surface area contributed by atoms with Crippen molar-refractivity contribution in [3.8, 4) is 0 Å². The van der Waals surface area contributed by atoms with Crippen LogP contribution in [-0.4, -0.2) is 11.2 Å². The fourth-order valence-electron chi connectivity index (χ4n) is 0.908. The van der Waals surface area contributed by atoms with Crippen LogP contribution >= 0.6 is 39.1 Å². The van der Waals surface area contributed by atoms with Crippen LogP contribution in [0.2, 0.25) is 5.02 Å². The van der Waals surface area contributed by atoms with Crippen molar-refractivity contribution >= 4 is 44.9 Å². The summed E-state index contributed by atoms with van der Waals surface area (Å²) in [7, 11) is 0. The molecule has 1 aromatic rings. The molecule has 0 bridgehead atoms. The molecule has 1 atom stereocenters. The van der Waals surface area contributed by atoms with Crippen LogP contribution in [0.15, 0.2) is 22.7 Å². The highest BCUT2D eigenvalue weighted by Crippen LogP contribution is 2.27. The Labute approximate surface area is 95.2 Å². The maximum Gasteiger partial charge on any atom is 0.181 e. The maximum atomic E-state index is 11.5. The Hall–Kier alpha value is -0.0500. The van der Waals surface area contributed by atoms with Gasteiger partial charge in [0, 0.05) is 10.0 Å². The van der Waals surface area contributed by atoms with Gasteiger partial charge in [-0.3, -0.25) is 4.79 Å². The van der Waals surface area contributed by atoms with Crippen molar-refractivity contribution in [1.29, 1.82) is 0 Å². The first-order valence-corrected chi connectivity index (χ1v) is 5.27. The molecule has 0 aliphatic rings. The van der Waals surface area contributed by atoms with Gasteiger partial charge < -0.3 is 0 Å². The molecule has 0 aliphatic carbocycles. The van der Waals surface area contributed by atoms with Gasteiger partial charge in [-0.2, -0.15) is 0 Å². The van der Waals surface area contributed by atoms with E-state index in [0.29, 0.717) is 15.1 Å². The van der Waals surface area contributed by atoms with Crippen molar-refractivity contribution in [3.05, 3.63) is 33.3 Å². The fraction of sp³-hybridized carbons (Fsp3) is 0.222. The quantitative estimate of drug-likeness (QED) is 0.593. The number of carbonyl (C=O) groups excluding carboxylic acids is 1. The van der Waals surface area contributed by atoms with E-state index in [1.54, 1.807) is 25.1 Å². The number of hydrogen-bond acceptors (Lipinski definition) is 1. The number of halogens is 3. The molecule has 4 heteroatoms. The molecule has 0 heterocycles. The molecule has 0 fully saturated rings. The number of alkyl halides is 1. The molecule has 0 aliphatic heterocycles. The zero-order chi connectivity index (χ0) is 10.0.